The van der Waals surface area contributed by atoms with Gasteiger partial charge in [-0.25, -0.2) is 22.7 Å². The first kappa shape index (κ1) is 18.8. The molecule has 0 radical (unpaired) electrons. The van der Waals surface area contributed by atoms with Crippen molar-refractivity contribution in [2.45, 2.75) is 11.4 Å². The van der Waals surface area contributed by atoms with E-state index in [1.54, 1.807) is 18.2 Å². The van der Waals surface area contributed by atoms with Gasteiger partial charge in [-0.3, -0.25) is 0 Å². The number of hydrogen-bond donors (Lipinski definition) is 4. The van der Waals surface area contributed by atoms with Crippen LogP contribution in [0.5, 0.6) is 0 Å². The molecule has 9 heteroatoms. The maximum absolute atomic E-state index is 13.4. The number of nitrogens with two attached hydrogens (primary N) is 1. The molecule has 0 spiro atoms. The molecule has 7 nitrogen and oxygen atoms in total. The molecule has 0 bridgehead atoms. The van der Waals surface area contributed by atoms with E-state index in [0.717, 1.165) is 0 Å². The summed E-state index contributed by atoms with van der Waals surface area (Å²) in [5, 5.41) is 13.2. The predicted molar refractivity (Wildman–Crippen MR) is 92.9 cm³/mol. The SMILES string of the molecule is NS(=O)(=O)c1ccc(NC(=O)NCCNCc2ccccc2F)cc1. The van der Waals surface area contributed by atoms with Gasteiger partial charge in [-0.15, -0.1) is 0 Å². The fourth-order valence-electron chi connectivity index (χ4n) is 2.03. The number of primary sulfonamides is 1. The molecule has 0 fully saturated rings. The number of carbonyl (C=O) groups is 1. The van der Waals surface area contributed by atoms with E-state index < -0.39 is 16.1 Å². The number of benzene rings is 2. The van der Waals surface area contributed by atoms with Crippen LogP contribution < -0.4 is 21.1 Å². The molecular formula is C16H19FN4O3S. The summed E-state index contributed by atoms with van der Waals surface area (Å²) >= 11 is 0. The highest BCUT2D eigenvalue weighted by Crippen LogP contribution is 2.12. The molecule has 2 aromatic rings. The number of hydrogen-bond acceptors (Lipinski definition) is 4. The van der Waals surface area contributed by atoms with Gasteiger partial charge in [0.25, 0.3) is 0 Å². The lowest BCUT2D eigenvalue weighted by Crippen LogP contribution is -2.34. The number of sulfonamides is 1. The molecule has 0 aliphatic carbocycles. The Morgan fingerprint density at radius 1 is 1.04 bits per heavy atom. The minimum Gasteiger partial charge on any atom is -0.337 e. The first-order chi connectivity index (χ1) is 11.9. The van der Waals surface area contributed by atoms with Crippen LogP contribution >= 0.6 is 0 Å². The topological polar surface area (TPSA) is 113 Å². The van der Waals surface area contributed by atoms with Crippen LogP contribution in [-0.2, 0) is 16.6 Å². The molecule has 0 aliphatic heterocycles. The predicted octanol–water partition coefficient (Wildman–Crippen LogP) is 1.38. The summed E-state index contributed by atoms with van der Waals surface area (Å²) in [5.74, 6) is -0.274. The van der Waals surface area contributed by atoms with Crippen molar-refractivity contribution in [3.63, 3.8) is 0 Å². The molecule has 134 valence electrons. The Morgan fingerprint density at radius 2 is 1.72 bits per heavy atom. The van der Waals surface area contributed by atoms with Crippen LogP contribution in [0.1, 0.15) is 5.56 Å². The normalized spacial score (nSPS) is 11.1. The number of rotatable bonds is 7. The van der Waals surface area contributed by atoms with E-state index >= 15 is 0 Å². The van der Waals surface area contributed by atoms with Gasteiger partial charge in [0.2, 0.25) is 10.0 Å². The molecule has 0 heterocycles. The van der Waals surface area contributed by atoms with Crippen molar-refractivity contribution in [3.8, 4) is 0 Å². The number of halogens is 1. The summed E-state index contributed by atoms with van der Waals surface area (Å²) in [5.41, 5.74) is 0.992. The van der Waals surface area contributed by atoms with E-state index in [4.69, 9.17) is 5.14 Å². The molecule has 0 unspecified atom stereocenters. The van der Waals surface area contributed by atoms with Crippen molar-refractivity contribution in [2.24, 2.45) is 5.14 Å². The molecule has 25 heavy (non-hydrogen) atoms. The maximum Gasteiger partial charge on any atom is 0.319 e. The number of urea groups is 1. The van der Waals surface area contributed by atoms with Crippen LogP contribution in [0.25, 0.3) is 0 Å². The van der Waals surface area contributed by atoms with E-state index in [1.165, 1.54) is 30.3 Å². The van der Waals surface area contributed by atoms with Crippen LogP contribution in [0.4, 0.5) is 14.9 Å². The van der Waals surface area contributed by atoms with Gasteiger partial charge < -0.3 is 16.0 Å². The monoisotopic (exact) mass is 366 g/mol. The molecule has 0 aromatic heterocycles. The molecule has 5 N–H and O–H groups in total. The lowest BCUT2D eigenvalue weighted by atomic mass is 10.2. The summed E-state index contributed by atoms with van der Waals surface area (Å²) in [6.07, 6.45) is 0. The van der Waals surface area contributed by atoms with Gasteiger partial charge in [-0.1, -0.05) is 18.2 Å². The third-order valence-electron chi connectivity index (χ3n) is 3.30. The van der Waals surface area contributed by atoms with Crippen molar-refractivity contribution in [2.75, 3.05) is 18.4 Å². The van der Waals surface area contributed by atoms with Crippen molar-refractivity contribution in [1.82, 2.24) is 10.6 Å². The lowest BCUT2D eigenvalue weighted by Gasteiger charge is -2.09. The molecule has 0 saturated carbocycles. The zero-order chi connectivity index (χ0) is 18.3. The van der Waals surface area contributed by atoms with E-state index in [-0.39, 0.29) is 10.7 Å². The molecule has 0 aliphatic rings. The Labute approximate surface area is 145 Å². The highest BCUT2D eigenvalue weighted by molar-refractivity contribution is 7.89. The average molecular weight is 366 g/mol. The van der Waals surface area contributed by atoms with Crippen molar-refractivity contribution in [1.29, 1.82) is 0 Å². The average Bonchev–Trinajstić information content (AvgIpc) is 2.56. The standard InChI is InChI=1S/C16H19FN4O3S/c17-15-4-2-1-3-12(15)11-19-9-10-20-16(22)21-13-5-7-14(8-6-13)25(18,23)24/h1-8,19H,9-11H2,(H2,18,23,24)(H2,20,21,22). The van der Waals surface area contributed by atoms with Gasteiger partial charge in [-0.2, -0.15) is 0 Å². The number of amides is 2. The third kappa shape index (κ3) is 6.14. The summed E-state index contributed by atoms with van der Waals surface area (Å²) < 4.78 is 35.7. The van der Waals surface area contributed by atoms with Crippen LogP contribution in [0.15, 0.2) is 53.4 Å². The van der Waals surface area contributed by atoms with Gasteiger partial charge in [0.15, 0.2) is 0 Å². The fourth-order valence-corrected chi connectivity index (χ4v) is 2.55. The lowest BCUT2D eigenvalue weighted by molar-refractivity contribution is 0.252. The van der Waals surface area contributed by atoms with Gasteiger partial charge in [0.1, 0.15) is 5.82 Å². The van der Waals surface area contributed by atoms with E-state index in [9.17, 15) is 17.6 Å². The highest BCUT2D eigenvalue weighted by Gasteiger charge is 2.07. The van der Waals surface area contributed by atoms with Gasteiger partial charge in [0, 0.05) is 30.9 Å². The molecule has 2 amide bonds. The van der Waals surface area contributed by atoms with E-state index in [0.29, 0.717) is 30.9 Å². The second-order valence-electron chi connectivity index (χ2n) is 5.22. The van der Waals surface area contributed by atoms with Crippen molar-refractivity contribution < 1.29 is 17.6 Å². The second kappa shape index (κ2) is 8.56. The van der Waals surface area contributed by atoms with E-state index in [1.807, 2.05) is 0 Å². The third-order valence-corrected chi connectivity index (χ3v) is 4.23. The van der Waals surface area contributed by atoms with Crippen LogP contribution in [0.3, 0.4) is 0 Å². The largest absolute Gasteiger partial charge is 0.337 e. The Hall–Kier alpha value is -2.49. The Morgan fingerprint density at radius 3 is 2.36 bits per heavy atom. The quantitative estimate of drug-likeness (QED) is 0.555. The molecule has 0 atom stereocenters. The van der Waals surface area contributed by atoms with Gasteiger partial charge >= 0.3 is 6.03 Å². The van der Waals surface area contributed by atoms with Crippen molar-refractivity contribution >= 4 is 21.7 Å². The first-order valence-corrected chi connectivity index (χ1v) is 9.03. The van der Waals surface area contributed by atoms with Gasteiger partial charge in [0.05, 0.1) is 4.90 Å². The summed E-state index contributed by atoms with van der Waals surface area (Å²) in [7, 11) is -3.76. The Kier molecular flexibility index (Phi) is 6.45. The van der Waals surface area contributed by atoms with E-state index in [2.05, 4.69) is 16.0 Å². The molecule has 2 aromatic carbocycles. The summed E-state index contributed by atoms with van der Waals surface area (Å²) in [4.78, 5) is 11.7. The Balaban J connectivity index is 1.70. The minimum absolute atomic E-state index is 0.0317. The van der Waals surface area contributed by atoms with Crippen molar-refractivity contribution in [3.05, 3.63) is 59.9 Å². The van der Waals surface area contributed by atoms with Crippen LogP contribution in [-0.4, -0.2) is 27.5 Å². The molecule has 2 rings (SSSR count). The van der Waals surface area contributed by atoms with Crippen LogP contribution in [0.2, 0.25) is 0 Å². The summed E-state index contributed by atoms with van der Waals surface area (Å²) in [6, 6.07) is 11.5. The fraction of sp³-hybridized carbons (Fsp3) is 0.188. The number of carbonyl (C=O) groups excluding carboxylic acids is 1. The first-order valence-electron chi connectivity index (χ1n) is 7.48. The number of nitrogens with one attached hydrogen (secondary N) is 3. The Bertz CT molecular complexity index is 826. The highest BCUT2D eigenvalue weighted by atomic mass is 32.2. The zero-order valence-electron chi connectivity index (χ0n) is 13.3. The molecular weight excluding hydrogens is 347 g/mol. The second-order valence-corrected chi connectivity index (χ2v) is 6.78. The smallest absolute Gasteiger partial charge is 0.319 e. The zero-order valence-corrected chi connectivity index (χ0v) is 14.1. The maximum atomic E-state index is 13.4. The number of anilines is 1. The van der Waals surface area contributed by atoms with Gasteiger partial charge in [-0.05, 0) is 30.3 Å². The summed E-state index contributed by atoms with van der Waals surface area (Å²) in [6.45, 7) is 1.17. The van der Waals surface area contributed by atoms with Crippen LogP contribution in [0, 0.1) is 5.82 Å². The molecule has 0 saturated heterocycles. The minimum atomic E-state index is -3.76.